The van der Waals surface area contributed by atoms with E-state index in [1.165, 1.54) is 22.5 Å². The molecule has 0 bridgehead atoms. The van der Waals surface area contributed by atoms with Crippen LogP contribution in [0.5, 0.6) is 0 Å². The Kier molecular flexibility index (Phi) is 3.77. The number of benzene rings is 1. The molecule has 0 atom stereocenters. The van der Waals surface area contributed by atoms with Crippen molar-refractivity contribution in [2.24, 2.45) is 5.14 Å². The lowest BCUT2D eigenvalue weighted by atomic mass is 10.3. The van der Waals surface area contributed by atoms with E-state index in [-0.39, 0.29) is 9.79 Å². The molecule has 0 saturated carbocycles. The normalized spacial score (nSPS) is 17.5. The van der Waals surface area contributed by atoms with E-state index in [1.807, 2.05) is 6.08 Å². The SMILES string of the molecule is NS(=O)(=O)c1cccc(S(=O)(=O)N2CC=CCC2)c1. The van der Waals surface area contributed by atoms with Crippen molar-refractivity contribution in [3.63, 3.8) is 0 Å². The fourth-order valence-corrected chi connectivity index (χ4v) is 3.89. The molecule has 0 saturated heterocycles. The van der Waals surface area contributed by atoms with Crippen molar-refractivity contribution in [2.75, 3.05) is 13.1 Å². The Hall–Kier alpha value is -1.22. The lowest BCUT2D eigenvalue weighted by Gasteiger charge is -2.22. The van der Waals surface area contributed by atoms with E-state index in [1.54, 1.807) is 6.08 Å². The van der Waals surface area contributed by atoms with E-state index in [4.69, 9.17) is 5.14 Å². The van der Waals surface area contributed by atoms with Crippen LogP contribution in [-0.4, -0.2) is 34.2 Å². The van der Waals surface area contributed by atoms with Crippen molar-refractivity contribution in [1.29, 1.82) is 0 Å². The monoisotopic (exact) mass is 302 g/mol. The summed E-state index contributed by atoms with van der Waals surface area (Å²) in [4.78, 5) is -0.268. The lowest BCUT2D eigenvalue weighted by Crippen LogP contribution is -2.33. The molecule has 1 aliphatic rings. The first-order valence-corrected chi connectivity index (χ1v) is 8.58. The smallest absolute Gasteiger partial charge is 0.225 e. The maximum atomic E-state index is 12.3. The van der Waals surface area contributed by atoms with E-state index in [2.05, 4.69) is 0 Å². The van der Waals surface area contributed by atoms with Crippen molar-refractivity contribution in [2.45, 2.75) is 16.2 Å². The minimum atomic E-state index is -3.91. The zero-order valence-corrected chi connectivity index (χ0v) is 11.7. The summed E-state index contributed by atoms with van der Waals surface area (Å²) in [6, 6.07) is 5.09. The first kappa shape index (κ1) is 14.2. The first-order valence-electron chi connectivity index (χ1n) is 5.60. The Labute approximate surface area is 112 Å². The molecule has 1 aromatic rings. The molecular formula is C11H14N2O4S2. The van der Waals surface area contributed by atoms with Crippen molar-refractivity contribution in [3.05, 3.63) is 36.4 Å². The zero-order valence-electron chi connectivity index (χ0n) is 10.1. The van der Waals surface area contributed by atoms with Crippen LogP contribution in [0.1, 0.15) is 6.42 Å². The molecule has 104 valence electrons. The lowest BCUT2D eigenvalue weighted by molar-refractivity contribution is 0.437. The van der Waals surface area contributed by atoms with E-state index in [9.17, 15) is 16.8 Å². The van der Waals surface area contributed by atoms with E-state index in [0.717, 1.165) is 6.07 Å². The Morgan fingerprint density at radius 1 is 1.05 bits per heavy atom. The maximum Gasteiger partial charge on any atom is 0.243 e. The number of nitrogens with two attached hydrogens (primary N) is 1. The number of hydrogen-bond acceptors (Lipinski definition) is 4. The fourth-order valence-electron chi connectivity index (χ4n) is 1.80. The van der Waals surface area contributed by atoms with Crippen molar-refractivity contribution < 1.29 is 16.8 Å². The molecule has 0 aliphatic carbocycles. The van der Waals surface area contributed by atoms with Crippen LogP contribution >= 0.6 is 0 Å². The van der Waals surface area contributed by atoms with Crippen LogP contribution in [0.3, 0.4) is 0 Å². The van der Waals surface area contributed by atoms with Gasteiger partial charge in [0.05, 0.1) is 9.79 Å². The number of rotatable bonds is 3. The van der Waals surface area contributed by atoms with Gasteiger partial charge in [0.2, 0.25) is 20.0 Å². The van der Waals surface area contributed by atoms with Gasteiger partial charge in [-0.05, 0) is 24.6 Å². The molecule has 0 aromatic heterocycles. The highest BCUT2D eigenvalue weighted by atomic mass is 32.2. The zero-order chi connectivity index (χ0) is 14.1. The Balaban J connectivity index is 2.44. The highest BCUT2D eigenvalue weighted by molar-refractivity contribution is 7.90. The van der Waals surface area contributed by atoms with Crippen LogP contribution in [0.2, 0.25) is 0 Å². The van der Waals surface area contributed by atoms with Crippen molar-refractivity contribution in [1.82, 2.24) is 4.31 Å². The minimum absolute atomic E-state index is 0.0608. The van der Waals surface area contributed by atoms with Gasteiger partial charge in [0.25, 0.3) is 0 Å². The van der Waals surface area contributed by atoms with Gasteiger partial charge in [-0.15, -0.1) is 0 Å². The van der Waals surface area contributed by atoms with Gasteiger partial charge in [-0.2, -0.15) is 4.31 Å². The van der Waals surface area contributed by atoms with Gasteiger partial charge < -0.3 is 0 Å². The van der Waals surface area contributed by atoms with E-state index >= 15 is 0 Å². The van der Waals surface area contributed by atoms with Crippen LogP contribution in [0.15, 0.2) is 46.2 Å². The molecule has 1 aliphatic heterocycles. The molecule has 1 aromatic carbocycles. The van der Waals surface area contributed by atoms with E-state index in [0.29, 0.717) is 19.5 Å². The third kappa shape index (κ3) is 3.03. The average Bonchev–Trinajstić information content (AvgIpc) is 2.39. The predicted octanol–water partition coefficient (Wildman–Crippen LogP) is 0.285. The summed E-state index contributed by atoms with van der Waals surface area (Å²) in [5.41, 5.74) is 0. The molecule has 0 radical (unpaired) electrons. The highest BCUT2D eigenvalue weighted by Crippen LogP contribution is 2.20. The Morgan fingerprint density at radius 2 is 1.74 bits per heavy atom. The molecule has 0 fully saturated rings. The second-order valence-corrected chi connectivity index (χ2v) is 7.64. The minimum Gasteiger partial charge on any atom is -0.225 e. The summed E-state index contributed by atoms with van der Waals surface area (Å²) in [7, 11) is -7.60. The largest absolute Gasteiger partial charge is 0.243 e. The third-order valence-corrected chi connectivity index (χ3v) is 5.56. The Morgan fingerprint density at radius 3 is 2.32 bits per heavy atom. The quantitative estimate of drug-likeness (QED) is 0.811. The van der Waals surface area contributed by atoms with Gasteiger partial charge in [-0.1, -0.05) is 18.2 Å². The summed E-state index contributed by atoms with van der Waals surface area (Å²) < 4.78 is 48.4. The summed E-state index contributed by atoms with van der Waals surface area (Å²) in [6.45, 7) is 0.681. The molecule has 2 N–H and O–H groups in total. The van der Waals surface area contributed by atoms with Gasteiger partial charge >= 0.3 is 0 Å². The number of nitrogens with zero attached hydrogens (tertiary/aromatic N) is 1. The van der Waals surface area contributed by atoms with Crippen LogP contribution in [0.4, 0.5) is 0 Å². The molecule has 8 heteroatoms. The molecule has 6 nitrogen and oxygen atoms in total. The highest BCUT2D eigenvalue weighted by Gasteiger charge is 2.25. The van der Waals surface area contributed by atoms with E-state index < -0.39 is 20.0 Å². The van der Waals surface area contributed by atoms with Gasteiger partial charge in [-0.25, -0.2) is 22.0 Å². The number of sulfonamides is 2. The predicted molar refractivity (Wildman–Crippen MR) is 70.3 cm³/mol. The summed E-state index contributed by atoms with van der Waals surface area (Å²) in [5.74, 6) is 0. The number of primary sulfonamides is 1. The summed E-state index contributed by atoms with van der Waals surface area (Å²) >= 11 is 0. The van der Waals surface area contributed by atoms with Gasteiger partial charge in [0.15, 0.2) is 0 Å². The molecular weight excluding hydrogens is 288 g/mol. The van der Waals surface area contributed by atoms with Crippen LogP contribution in [-0.2, 0) is 20.0 Å². The molecule has 0 spiro atoms. The molecule has 2 rings (SSSR count). The summed E-state index contributed by atoms with van der Waals surface area (Å²) in [5, 5.41) is 5.00. The Bertz CT molecular complexity index is 708. The molecule has 0 unspecified atom stereocenters. The second kappa shape index (κ2) is 5.04. The molecule has 1 heterocycles. The third-order valence-electron chi connectivity index (χ3n) is 2.79. The van der Waals surface area contributed by atoms with Gasteiger partial charge in [0, 0.05) is 13.1 Å². The van der Waals surface area contributed by atoms with Gasteiger partial charge in [-0.3, -0.25) is 0 Å². The topological polar surface area (TPSA) is 97.5 Å². The number of hydrogen-bond donors (Lipinski definition) is 1. The van der Waals surface area contributed by atoms with Crippen LogP contribution in [0, 0.1) is 0 Å². The van der Waals surface area contributed by atoms with Crippen molar-refractivity contribution in [3.8, 4) is 0 Å². The van der Waals surface area contributed by atoms with Crippen molar-refractivity contribution >= 4 is 20.0 Å². The standard InChI is InChI=1S/C11H14N2O4S2/c12-18(14,15)10-5-4-6-11(9-10)19(16,17)13-7-2-1-3-8-13/h1-2,4-6,9H,3,7-8H2,(H2,12,14,15). The molecule has 19 heavy (non-hydrogen) atoms. The van der Waals surface area contributed by atoms with Gasteiger partial charge in [0.1, 0.15) is 0 Å². The molecule has 0 amide bonds. The summed E-state index contributed by atoms with van der Waals surface area (Å²) in [6.07, 6.45) is 4.32. The van der Waals surface area contributed by atoms with Crippen LogP contribution in [0.25, 0.3) is 0 Å². The average molecular weight is 302 g/mol. The fraction of sp³-hybridized carbons (Fsp3) is 0.273. The maximum absolute atomic E-state index is 12.3. The second-order valence-electron chi connectivity index (χ2n) is 4.14. The first-order chi connectivity index (χ1) is 8.82. The van der Waals surface area contributed by atoms with Crippen LogP contribution < -0.4 is 5.14 Å².